The van der Waals surface area contributed by atoms with Crippen molar-refractivity contribution >= 4 is 17.9 Å². The third-order valence-corrected chi connectivity index (χ3v) is 9.65. The number of ether oxygens (including phenoxy) is 3. The molecular weight excluding hydrogens is 614 g/mol. The van der Waals surface area contributed by atoms with Crippen molar-refractivity contribution in [3.63, 3.8) is 0 Å². The van der Waals surface area contributed by atoms with Gasteiger partial charge in [0.15, 0.2) is 0 Å². The maximum Gasteiger partial charge on any atom is 0.329 e. The van der Waals surface area contributed by atoms with E-state index in [9.17, 15) is 19.5 Å². The molecule has 12 nitrogen and oxygen atoms in total. The van der Waals surface area contributed by atoms with Crippen molar-refractivity contribution in [2.45, 2.75) is 75.6 Å². The average Bonchev–Trinajstić information content (AvgIpc) is 3.64. The number of methoxy groups -OCH3 is 2. The van der Waals surface area contributed by atoms with Gasteiger partial charge in [-0.05, 0) is 42.9 Å². The van der Waals surface area contributed by atoms with Crippen LogP contribution in [-0.4, -0.2) is 87.8 Å². The maximum absolute atomic E-state index is 14.4. The molecule has 0 bridgehead atoms. The van der Waals surface area contributed by atoms with E-state index in [4.69, 9.17) is 14.2 Å². The Bertz CT molecular complexity index is 1600. The lowest BCUT2D eigenvalue weighted by molar-refractivity contribution is -0.144. The first-order chi connectivity index (χ1) is 23.3. The van der Waals surface area contributed by atoms with E-state index in [0.29, 0.717) is 25.2 Å². The molecule has 1 saturated carbocycles. The summed E-state index contributed by atoms with van der Waals surface area (Å²) >= 11 is 0. The zero-order chi connectivity index (χ0) is 33.7. The molecule has 3 aromatic rings. The van der Waals surface area contributed by atoms with Gasteiger partial charge < -0.3 is 34.4 Å². The molecule has 3 aliphatic rings. The first-order valence-corrected chi connectivity index (χ1v) is 16.7. The van der Waals surface area contributed by atoms with Crippen LogP contribution in [0, 0.1) is 5.92 Å². The molecule has 0 spiro atoms. The van der Waals surface area contributed by atoms with E-state index in [0.717, 1.165) is 55.4 Å². The Morgan fingerprint density at radius 3 is 2.46 bits per heavy atom. The molecule has 2 aromatic carbocycles. The van der Waals surface area contributed by atoms with Crippen LogP contribution in [-0.2, 0) is 16.1 Å². The van der Waals surface area contributed by atoms with Gasteiger partial charge in [-0.25, -0.2) is 9.59 Å². The number of urea groups is 1. The number of carbonyl (C=O) groups excluding carboxylic acids is 2. The van der Waals surface area contributed by atoms with Gasteiger partial charge >= 0.3 is 18.0 Å². The molecule has 3 heterocycles. The van der Waals surface area contributed by atoms with E-state index in [-0.39, 0.29) is 36.8 Å². The highest BCUT2D eigenvalue weighted by molar-refractivity contribution is 5.94. The predicted octanol–water partition coefficient (Wildman–Crippen LogP) is 4.92. The molecular formula is C36H43N5O7. The number of carboxylic acid groups (broad SMARTS) is 1. The minimum atomic E-state index is -1.31. The molecule has 2 N–H and O–H groups in total. The van der Waals surface area contributed by atoms with Crippen molar-refractivity contribution in [2.75, 3.05) is 27.3 Å². The van der Waals surface area contributed by atoms with Gasteiger partial charge in [-0.3, -0.25) is 4.79 Å². The van der Waals surface area contributed by atoms with Crippen LogP contribution in [0.4, 0.5) is 4.79 Å². The summed E-state index contributed by atoms with van der Waals surface area (Å²) in [6.07, 6.45) is 5.37. The minimum absolute atomic E-state index is 0.118. The van der Waals surface area contributed by atoms with Crippen molar-refractivity contribution in [2.24, 2.45) is 5.92 Å². The van der Waals surface area contributed by atoms with Crippen LogP contribution in [0.15, 0.2) is 60.7 Å². The van der Waals surface area contributed by atoms with Gasteiger partial charge in [0.2, 0.25) is 11.8 Å². The highest BCUT2D eigenvalue weighted by Gasteiger charge is 2.62. The molecule has 4 atom stereocenters. The number of amides is 3. The number of aromatic nitrogens is 2. The lowest BCUT2D eigenvalue weighted by atomic mass is 10.0. The van der Waals surface area contributed by atoms with E-state index in [1.165, 1.54) is 12.0 Å². The fraction of sp³-hybridized carbons (Fsp3) is 0.472. The van der Waals surface area contributed by atoms with Gasteiger partial charge in [0, 0.05) is 31.1 Å². The highest BCUT2D eigenvalue weighted by Crippen LogP contribution is 2.47. The van der Waals surface area contributed by atoms with Gasteiger partial charge in [-0.15, -0.1) is 0 Å². The quantitative estimate of drug-likeness (QED) is 0.345. The third kappa shape index (κ3) is 7.32. The van der Waals surface area contributed by atoms with Crippen molar-refractivity contribution in [1.29, 1.82) is 0 Å². The molecule has 12 heteroatoms. The van der Waals surface area contributed by atoms with Gasteiger partial charge in [-0.2, -0.15) is 9.97 Å². The normalized spacial score (nSPS) is 24.8. The Balaban J connectivity index is 1.29. The highest BCUT2D eigenvalue weighted by atomic mass is 16.5. The largest absolute Gasteiger partial charge is 0.497 e. The molecule has 6 rings (SSSR count). The molecule has 2 aliphatic heterocycles. The summed E-state index contributed by atoms with van der Waals surface area (Å²) in [5.41, 5.74) is 1.08. The summed E-state index contributed by atoms with van der Waals surface area (Å²) in [6.45, 7) is 0.989. The second-order valence-electron chi connectivity index (χ2n) is 12.9. The fourth-order valence-electron chi connectivity index (χ4n) is 6.87. The fourth-order valence-corrected chi connectivity index (χ4v) is 6.87. The van der Waals surface area contributed by atoms with E-state index in [1.807, 2.05) is 54.6 Å². The first kappa shape index (κ1) is 33.0. The molecule has 48 heavy (non-hydrogen) atoms. The van der Waals surface area contributed by atoms with Crippen LogP contribution in [0.25, 0.3) is 11.3 Å². The van der Waals surface area contributed by atoms with Gasteiger partial charge in [0.05, 0.1) is 26.5 Å². The van der Waals surface area contributed by atoms with Crippen molar-refractivity contribution in [1.82, 2.24) is 25.1 Å². The Labute approximate surface area is 280 Å². The van der Waals surface area contributed by atoms with Crippen LogP contribution in [0.2, 0.25) is 0 Å². The summed E-state index contributed by atoms with van der Waals surface area (Å²) in [7, 11) is 3.08. The topological polar surface area (TPSA) is 143 Å². The Morgan fingerprint density at radius 1 is 0.979 bits per heavy atom. The maximum atomic E-state index is 14.4. The summed E-state index contributed by atoms with van der Waals surface area (Å²) < 4.78 is 17.0. The van der Waals surface area contributed by atoms with E-state index in [2.05, 4.69) is 15.3 Å². The zero-order valence-electron chi connectivity index (χ0n) is 27.5. The number of aliphatic carboxylic acids is 1. The molecule has 3 fully saturated rings. The van der Waals surface area contributed by atoms with Crippen molar-refractivity contribution in [3.8, 4) is 28.9 Å². The number of nitrogens with one attached hydrogen (secondary N) is 1. The molecule has 0 radical (unpaired) electrons. The zero-order valence-corrected chi connectivity index (χ0v) is 27.5. The monoisotopic (exact) mass is 657 g/mol. The van der Waals surface area contributed by atoms with Crippen molar-refractivity contribution in [3.05, 3.63) is 66.2 Å². The van der Waals surface area contributed by atoms with Crippen LogP contribution < -0.4 is 19.5 Å². The number of hydrogen-bond donors (Lipinski definition) is 2. The van der Waals surface area contributed by atoms with Crippen LogP contribution in [0.5, 0.6) is 17.6 Å². The van der Waals surface area contributed by atoms with Crippen LogP contribution in [0.1, 0.15) is 56.9 Å². The first-order valence-electron chi connectivity index (χ1n) is 16.7. The number of nitrogens with zero attached hydrogens (tertiary/aromatic N) is 4. The Hall–Kier alpha value is -4.87. The van der Waals surface area contributed by atoms with E-state index < -0.39 is 29.6 Å². The smallest absolute Gasteiger partial charge is 0.329 e. The van der Waals surface area contributed by atoms with Crippen LogP contribution >= 0.6 is 0 Å². The van der Waals surface area contributed by atoms with Crippen LogP contribution in [0.3, 0.4) is 0 Å². The van der Waals surface area contributed by atoms with Gasteiger partial charge in [-0.1, -0.05) is 68.1 Å². The molecule has 0 unspecified atom stereocenters. The lowest BCUT2D eigenvalue weighted by Gasteiger charge is -2.32. The Kier molecular flexibility index (Phi) is 9.98. The molecule has 254 valence electrons. The summed E-state index contributed by atoms with van der Waals surface area (Å²) in [6, 6.07) is 17.8. The predicted molar refractivity (Wildman–Crippen MR) is 177 cm³/mol. The Morgan fingerprint density at radius 2 is 1.73 bits per heavy atom. The lowest BCUT2D eigenvalue weighted by Crippen LogP contribution is -2.55. The second-order valence-corrected chi connectivity index (χ2v) is 12.9. The van der Waals surface area contributed by atoms with Gasteiger partial charge in [0.1, 0.15) is 23.4 Å². The summed E-state index contributed by atoms with van der Waals surface area (Å²) in [4.78, 5) is 53.0. The molecule has 1 aromatic heterocycles. The number of benzene rings is 2. The standard InChI is InChI=1S/C36H43N5O7/c1-46-27-16-14-24(15-17-27)22-40-18-10-5-3-4-9-13-26-21-36(26,33(43)44)39-32(42)30-19-28(23-41(30)35(40)45)48-31-20-29(37-34(38-31)47-2)25-11-7-6-8-12-25/h6-8,11-12,14-17,20,26,28,30H,3-5,9-10,13,18-19,21-23H2,1-2H3,(H,39,42)(H,43,44)/t26-,28-,30+,36-/m1/s1. The third-order valence-electron chi connectivity index (χ3n) is 9.65. The number of carbonyl (C=O) groups is 3. The van der Waals surface area contributed by atoms with Gasteiger partial charge in [0.25, 0.3) is 0 Å². The second kappa shape index (κ2) is 14.5. The summed E-state index contributed by atoms with van der Waals surface area (Å²) in [5.74, 6) is -0.667. The molecule has 1 aliphatic carbocycles. The van der Waals surface area contributed by atoms with Crippen molar-refractivity contribution < 1.29 is 33.7 Å². The minimum Gasteiger partial charge on any atom is -0.497 e. The average molecular weight is 658 g/mol. The van der Waals surface area contributed by atoms with E-state index >= 15 is 0 Å². The molecule has 2 saturated heterocycles. The van der Waals surface area contributed by atoms with E-state index in [1.54, 1.807) is 18.1 Å². The molecule has 3 amide bonds. The number of carboxylic acids is 1. The number of hydrogen-bond acceptors (Lipinski definition) is 8. The number of rotatable bonds is 8. The number of fused-ring (bicyclic) bond motifs is 2. The SMILES string of the molecule is COc1ccc(CN2CCCCCCC[C@@H]3C[C@@]3(C(=O)O)NC(=O)[C@@H]3C[C@@H](Oc4cc(-c5ccccc5)nc(OC)n4)CN3C2=O)cc1. The summed E-state index contributed by atoms with van der Waals surface area (Å²) in [5, 5.41) is 13.1.